The van der Waals surface area contributed by atoms with E-state index in [2.05, 4.69) is 10.6 Å². The second kappa shape index (κ2) is 8.29. The molecule has 0 unspecified atom stereocenters. The van der Waals surface area contributed by atoms with Crippen molar-refractivity contribution in [3.8, 4) is 0 Å². The van der Waals surface area contributed by atoms with Crippen LogP contribution in [0, 0.1) is 11.8 Å². The lowest BCUT2D eigenvalue weighted by atomic mass is 9.89. The summed E-state index contributed by atoms with van der Waals surface area (Å²) < 4.78 is 0. The highest BCUT2D eigenvalue weighted by Crippen LogP contribution is 2.29. The van der Waals surface area contributed by atoms with Crippen molar-refractivity contribution in [2.45, 2.75) is 64.5 Å². The highest BCUT2D eigenvalue weighted by Gasteiger charge is 2.37. The summed E-state index contributed by atoms with van der Waals surface area (Å²) in [6, 6.07) is -0.683. The molecule has 23 heavy (non-hydrogen) atoms. The minimum atomic E-state index is -1.13. The van der Waals surface area contributed by atoms with Gasteiger partial charge in [-0.15, -0.1) is 0 Å². The first kappa shape index (κ1) is 19.4. The van der Waals surface area contributed by atoms with Crippen LogP contribution in [0.4, 0.5) is 0 Å². The van der Waals surface area contributed by atoms with Crippen LogP contribution in [0.2, 0.25) is 0 Å². The molecule has 1 saturated carbocycles. The van der Waals surface area contributed by atoms with E-state index in [1.165, 1.54) is 0 Å². The Kier molecular flexibility index (Phi) is 7.00. The number of hydrogen-bond donors (Lipinski definition) is 4. The molecule has 0 heterocycles. The van der Waals surface area contributed by atoms with Crippen molar-refractivity contribution in [2.75, 3.05) is 6.54 Å². The van der Waals surface area contributed by atoms with Crippen LogP contribution in [0.25, 0.3) is 0 Å². The van der Waals surface area contributed by atoms with Crippen LogP contribution in [0.5, 0.6) is 0 Å². The number of carbonyl (C=O) groups is 3. The van der Waals surface area contributed by atoms with E-state index < -0.39 is 17.5 Å². The SMILES string of the molecule is CC(C)C[C@@](C)(NC(=O)[C@H](CCCN)NC(=O)C1CC1)C(N)=O. The first-order valence-electron chi connectivity index (χ1n) is 8.32. The molecule has 0 radical (unpaired) electrons. The second-order valence-corrected chi connectivity index (χ2v) is 7.05. The van der Waals surface area contributed by atoms with Crippen LogP contribution in [0.3, 0.4) is 0 Å². The molecule has 132 valence electrons. The van der Waals surface area contributed by atoms with Crippen molar-refractivity contribution < 1.29 is 14.4 Å². The molecule has 2 atom stereocenters. The zero-order valence-electron chi connectivity index (χ0n) is 14.4. The van der Waals surface area contributed by atoms with Crippen LogP contribution in [0.15, 0.2) is 0 Å². The molecule has 1 aliphatic rings. The Bertz CT molecular complexity index is 449. The number of primary amides is 1. The van der Waals surface area contributed by atoms with Crippen molar-refractivity contribution in [3.63, 3.8) is 0 Å². The van der Waals surface area contributed by atoms with E-state index >= 15 is 0 Å². The first-order valence-corrected chi connectivity index (χ1v) is 8.32. The number of rotatable bonds is 10. The molecule has 1 rings (SSSR count). The molecule has 3 amide bonds. The van der Waals surface area contributed by atoms with Gasteiger partial charge in [-0.3, -0.25) is 14.4 Å². The van der Waals surface area contributed by atoms with Crippen LogP contribution in [-0.4, -0.2) is 35.8 Å². The first-order chi connectivity index (χ1) is 10.7. The van der Waals surface area contributed by atoms with Crippen LogP contribution in [-0.2, 0) is 14.4 Å². The molecule has 0 aromatic carbocycles. The van der Waals surface area contributed by atoms with Gasteiger partial charge in [-0.05, 0) is 51.5 Å². The van der Waals surface area contributed by atoms with Gasteiger partial charge in [0.25, 0.3) is 0 Å². The molecule has 0 aromatic heterocycles. The smallest absolute Gasteiger partial charge is 0.243 e. The zero-order chi connectivity index (χ0) is 17.6. The summed E-state index contributed by atoms with van der Waals surface area (Å²) in [4.78, 5) is 36.3. The van der Waals surface area contributed by atoms with Gasteiger partial charge in [0, 0.05) is 5.92 Å². The summed E-state index contributed by atoms with van der Waals surface area (Å²) >= 11 is 0. The van der Waals surface area contributed by atoms with E-state index in [1.54, 1.807) is 6.92 Å². The Balaban J connectivity index is 2.76. The summed E-state index contributed by atoms with van der Waals surface area (Å²) in [6.07, 6.45) is 3.22. The predicted octanol–water partition coefficient (Wildman–Crippen LogP) is 0.0264. The molecule has 0 bridgehead atoms. The Labute approximate surface area is 137 Å². The number of carbonyl (C=O) groups excluding carboxylic acids is 3. The van der Waals surface area contributed by atoms with Crippen molar-refractivity contribution in [3.05, 3.63) is 0 Å². The van der Waals surface area contributed by atoms with Gasteiger partial charge in [0.1, 0.15) is 11.6 Å². The van der Waals surface area contributed by atoms with Gasteiger partial charge >= 0.3 is 0 Å². The predicted molar refractivity (Wildman–Crippen MR) is 88.1 cm³/mol. The van der Waals surface area contributed by atoms with Gasteiger partial charge in [-0.2, -0.15) is 0 Å². The van der Waals surface area contributed by atoms with E-state index in [1.807, 2.05) is 13.8 Å². The van der Waals surface area contributed by atoms with Crippen LogP contribution in [0.1, 0.15) is 52.9 Å². The lowest BCUT2D eigenvalue weighted by Gasteiger charge is -2.31. The number of nitrogens with two attached hydrogens (primary N) is 2. The lowest BCUT2D eigenvalue weighted by Crippen LogP contribution is -2.60. The van der Waals surface area contributed by atoms with Crippen LogP contribution >= 0.6 is 0 Å². The summed E-state index contributed by atoms with van der Waals surface area (Å²) in [5.74, 6) is -0.857. The summed E-state index contributed by atoms with van der Waals surface area (Å²) in [5.41, 5.74) is 9.84. The molecule has 0 aliphatic heterocycles. The van der Waals surface area contributed by atoms with Crippen molar-refractivity contribution in [1.82, 2.24) is 10.6 Å². The summed E-state index contributed by atoms with van der Waals surface area (Å²) in [7, 11) is 0. The topological polar surface area (TPSA) is 127 Å². The molecule has 1 aliphatic carbocycles. The van der Waals surface area contributed by atoms with Crippen molar-refractivity contribution in [1.29, 1.82) is 0 Å². The Morgan fingerprint density at radius 3 is 2.30 bits per heavy atom. The normalized spacial score (nSPS) is 18.1. The molecule has 6 N–H and O–H groups in total. The third kappa shape index (κ3) is 6.17. The van der Waals surface area contributed by atoms with Gasteiger partial charge < -0.3 is 22.1 Å². The molecule has 7 heteroatoms. The number of nitrogens with one attached hydrogen (secondary N) is 2. The van der Waals surface area contributed by atoms with Gasteiger partial charge in [0.15, 0.2) is 0 Å². The number of hydrogen-bond acceptors (Lipinski definition) is 4. The standard InChI is InChI=1S/C16H30N4O3/c1-10(2)9-16(3,15(18)23)20-14(22)12(5-4-8-17)19-13(21)11-6-7-11/h10-12H,4-9,17H2,1-3H3,(H2,18,23)(H,19,21)(H,20,22)/t12-,16+/m0/s1. The van der Waals surface area contributed by atoms with Crippen LogP contribution < -0.4 is 22.1 Å². The maximum atomic E-state index is 12.6. The number of amides is 3. The largest absolute Gasteiger partial charge is 0.368 e. The highest BCUT2D eigenvalue weighted by molar-refractivity contribution is 5.94. The van der Waals surface area contributed by atoms with Crippen molar-refractivity contribution >= 4 is 17.7 Å². The third-order valence-corrected chi connectivity index (χ3v) is 4.04. The van der Waals surface area contributed by atoms with Gasteiger partial charge in [0.2, 0.25) is 17.7 Å². The fourth-order valence-corrected chi connectivity index (χ4v) is 2.61. The lowest BCUT2D eigenvalue weighted by molar-refractivity contribution is -0.134. The van der Waals surface area contributed by atoms with E-state index in [-0.39, 0.29) is 23.7 Å². The molecular formula is C16H30N4O3. The Morgan fingerprint density at radius 2 is 1.87 bits per heavy atom. The van der Waals surface area contributed by atoms with E-state index in [4.69, 9.17) is 11.5 Å². The van der Waals surface area contributed by atoms with Gasteiger partial charge in [-0.1, -0.05) is 13.8 Å². The third-order valence-electron chi connectivity index (χ3n) is 4.04. The fraction of sp³-hybridized carbons (Fsp3) is 0.812. The van der Waals surface area contributed by atoms with E-state index in [9.17, 15) is 14.4 Å². The molecular weight excluding hydrogens is 296 g/mol. The minimum absolute atomic E-state index is 0.0152. The maximum Gasteiger partial charge on any atom is 0.243 e. The second-order valence-electron chi connectivity index (χ2n) is 7.05. The average molecular weight is 326 g/mol. The minimum Gasteiger partial charge on any atom is -0.368 e. The zero-order valence-corrected chi connectivity index (χ0v) is 14.4. The fourth-order valence-electron chi connectivity index (χ4n) is 2.61. The molecule has 1 fully saturated rings. The van der Waals surface area contributed by atoms with Gasteiger partial charge in [-0.25, -0.2) is 0 Å². The highest BCUT2D eigenvalue weighted by atomic mass is 16.2. The average Bonchev–Trinajstić information content (AvgIpc) is 3.26. The quantitative estimate of drug-likeness (QED) is 0.451. The maximum absolute atomic E-state index is 12.6. The van der Waals surface area contributed by atoms with Crippen molar-refractivity contribution in [2.24, 2.45) is 23.3 Å². The monoisotopic (exact) mass is 326 g/mol. The molecule has 7 nitrogen and oxygen atoms in total. The Hall–Kier alpha value is -1.63. The molecule has 0 saturated heterocycles. The van der Waals surface area contributed by atoms with E-state index in [0.717, 1.165) is 12.8 Å². The Morgan fingerprint density at radius 1 is 1.26 bits per heavy atom. The summed E-state index contributed by atoms with van der Waals surface area (Å²) in [5, 5.41) is 5.50. The van der Waals surface area contributed by atoms with E-state index in [0.29, 0.717) is 25.8 Å². The molecule has 0 aromatic rings. The summed E-state index contributed by atoms with van der Waals surface area (Å²) in [6.45, 7) is 5.96. The molecule has 0 spiro atoms. The van der Waals surface area contributed by atoms with Gasteiger partial charge in [0.05, 0.1) is 0 Å².